The second-order valence-corrected chi connectivity index (χ2v) is 23.5. The molecule has 0 heterocycles. The number of aromatic hydroxyl groups is 1. The van der Waals surface area contributed by atoms with Crippen molar-refractivity contribution < 1.29 is 86.6 Å². The predicted molar refractivity (Wildman–Crippen MR) is 324 cm³/mol. The van der Waals surface area contributed by atoms with Gasteiger partial charge >= 0.3 is 11.9 Å². The summed E-state index contributed by atoms with van der Waals surface area (Å²) in [7, 11) is 3.09. The van der Waals surface area contributed by atoms with Crippen molar-refractivity contribution in [2.45, 2.75) is 165 Å². The minimum Gasteiger partial charge on any atom is -0.508 e. The highest BCUT2D eigenvalue weighted by atomic mass is 16.6. The molecule has 0 aliphatic heterocycles. The van der Waals surface area contributed by atoms with Crippen LogP contribution in [0.25, 0.3) is 0 Å². The van der Waals surface area contributed by atoms with Crippen molar-refractivity contribution in [3.8, 4) is 5.75 Å². The molecule has 0 aliphatic rings. The molecule has 6 N–H and O–H groups in total. The van der Waals surface area contributed by atoms with Crippen molar-refractivity contribution in [1.82, 2.24) is 21.3 Å². The summed E-state index contributed by atoms with van der Waals surface area (Å²) in [6, 6.07) is 11.7. The van der Waals surface area contributed by atoms with E-state index in [9.17, 15) is 63.0 Å². The van der Waals surface area contributed by atoms with E-state index in [2.05, 4.69) is 21.3 Å². The summed E-state index contributed by atoms with van der Waals surface area (Å²) in [6.45, 7) is 23.1. The Morgan fingerprint density at radius 1 is 0.500 bits per heavy atom. The quantitative estimate of drug-likeness (QED) is 0.0318. The van der Waals surface area contributed by atoms with E-state index >= 15 is 0 Å². The molecule has 2 aromatic rings. The van der Waals surface area contributed by atoms with Gasteiger partial charge in [-0.3, -0.25) is 38.4 Å². The lowest BCUT2D eigenvalue weighted by Gasteiger charge is -2.25. The molecule has 0 fully saturated rings. The summed E-state index contributed by atoms with van der Waals surface area (Å²) >= 11 is 0. The first-order valence-electron chi connectivity index (χ1n) is 29.3. The van der Waals surface area contributed by atoms with Gasteiger partial charge in [0, 0.05) is 64.8 Å². The minimum absolute atomic E-state index is 0.0284. The molecular weight excluding hydrogens is 1110 g/mol. The number of esters is 1. The molecule has 4 amide bonds. The van der Waals surface area contributed by atoms with E-state index in [1.165, 1.54) is 46.9 Å². The fourth-order valence-corrected chi connectivity index (χ4v) is 8.65. The summed E-state index contributed by atoms with van der Waals surface area (Å²) < 4.78 is 25.9. The van der Waals surface area contributed by atoms with E-state index in [1.807, 2.05) is 58.9 Å². The van der Waals surface area contributed by atoms with Crippen molar-refractivity contribution in [3.05, 3.63) is 65.2 Å². The molecule has 0 radical (unpaired) electrons. The maximum atomic E-state index is 13.8. The number of nitrogens with one attached hydrogen (secondary N) is 4. The van der Waals surface area contributed by atoms with E-state index in [0.717, 1.165) is 11.1 Å². The number of hydrogen-bond donors (Lipinski definition) is 6. The largest absolute Gasteiger partial charge is 0.508 e. The third kappa shape index (κ3) is 39.8. The number of carbonyl (C=O) groups is 11. The van der Waals surface area contributed by atoms with E-state index in [-0.39, 0.29) is 111 Å². The van der Waals surface area contributed by atoms with Crippen LogP contribution < -0.4 is 21.3 Å². The van der Waals surface area contributed by atoms with Crippen LogP contribution in [0.15, 0.2) is 48.5 Å². The lowest BCUT2D eigenvalue weighted by atomic mass is 9.89. The summed E-state index contributed by atoms with van der Waals surface area (Å²) in [5, 5.41) is 29.9. The summed E-state index contributed by atoms with van der Waals surface area (Å²) in [5.74, 6) is -7.80. The predicted octanol–water partition coefficient (Wildman–Crippen LogP) is 6.24. The van der Waals surface area contributed by atoms with Gasteiger partial charge in [-0.2, -0.15) is 0 Å². The number of carboxylic acid groups (broad SMARTS) is 1. The molecule has 0 aliphatic carbocycles. The molecule has 2 rings (SSSR count). The van der Waals surface area contributed by atoms with E-state index in [0.29, 0.717) is 44.8 Å². The van der Waals surface area contributed by atoms with Crippen LogP contribution in [0.5, 0.6) is 5.75 Å². The molecule has 0 spiro atoms. The number of ketones is 5. The van der Waals surface area contributed by atoms with Crippen LogP contribution in [0.1, 0.15) is 144 Å². The van der Waals surface area contributed by atoms with Crippen LogP contribution in [-0.4, -0.2) is 159 Å². The van der Waals surface area contributed by atoms with Crippen LogP contribution in [0.2, 0.25) is 0 Å². The van der Waals surface area contributed by atoms with Crippen molar-refractivity contribution in [3.63, 3.8) is 0 Å². The zero-order chi connectivity index (χ0) is 65.5. The van der Waals surface area contributed by atoms with Crippen LogP contribution in [0.3, 0.4) is 0 Å². The van der Waals surface area contributed by atoms with Gasteiger partial charge in [0.05, 0.1) is 76.4 Å². The first kappa shape index (κ1) is 79.2. The number of hydrogen-bond acceptors (Lipinski definition) is 17. The molecule has 6 atom stereocenters. The van der Waals surface area contributed by atoms with E-state index in [1.54, 1.807) is 40.0 Å². The summed E-state index contributed by atoms with van der Waals surface area (Å²) in [5.41, 5.74) is 1.76. The molecule has 0 saturated heterocycles. The van der Waals surface area contributed by atoms with Gasteiger partial charge in [0.2, 0.25) is 23.6 Å². The first-order chi connectivity index (χ1) is 40.3. The maximum Gasteiger partial charge on any atom is 0.307 e. The van der Waals surface area contributed by atoms with Gasteiger partial charge < -0.3 is 69.5 Å². The highest BCUT2D eigenvalue weighted by molar-refractivity contribution is 5.96. The number of carboxylic acids is 1. The average molecular weight is 1210 g/mol. The summed E-state index contributed by atoms with van der Waals surface area (Å²) in [4.78, 5) is 137. The number of phenols is 1. The lowest BCUT2D eigenvalue weighted by Crippen LogP contribution is -2.47. The Bertz CT molecular complexity index is 2410. The van der Waals surface area contributed by atoms with Gasteiger partial charge in [0.15, 0.2) is 11.6 Å². The second-order valence-electron chi connectivity index (χ2n) is 23.5. The molecule has 86 heavy (non-hydrogen) atoms. The normalized spacial score (nSPS) is 13.2. The van der Waals surface area contributed by atoms with Gasteiger partial charge in [-0.15, -0.1) is 0 Å². The number of carbonyl (C=O) groups excluding carboxylic acids is 10. The van der Waals surface area contributed by atoms with Crippen molar-refractivity contribution in [1.29, 1.82) is 0 Å². The zero-order valence-corrected chi connectivity index (χ0v) is 53.4. The number of methoxy groups -OCH3 is 2. The maximum absolute atomic E-state index is 13.8. The standard InChI is InChI=1S/C33H52N2O8.C28H42N2O9.C3H6O/c1-22(2)17-26(18-24(4)36)32(40)35-28(19-25-11-9-23(3)10-12-25)29(37)20-27(21-30(38)43-33(5,6)7)31(39)34-13-14-42-16-15-41-8;1-18(2)13-21(14-19(3)31)28(37)30-24(15-20-5-7-23(32)8-6-20)25(33)16-22(17-26(34)35)27(36)29-9-10-39-12-11-38-4;1-3(2)4/h9-12,22,26-28H,13-21H2,1-8H3,(H,34,39)(H,35,40);5-8,18,21-22,24,32H,9-17H2,1-4H3,(H,29,36)(H,30,37)(H,34,35);1-2H3/t26-,27-,28-;21-,22-,24-;/m00./s1. The molecule has 22 heteroatoms. The molecule has 0 saturated carbocycles. The number of aliphatic carboxylic acids is 1. The van der Waals surface area contributed by atoms with Crippen molar-refractivity contribution >= 4 is 64.5 Å². The molecule has 0 unspecified atom stereocenters. The highest BCUT2D eigenvalue weighted by Gasteiger charge is 2.34. The molecule has 0 bridgehead atoms. The molecule has 484 valence electrons. The van der Waals surface area contributed by atoms with Crippen molar-refractivity contribution in [2.75, 3.05) is 67.0 Å². The van der Waals surface area contributed by atoms with Gasteiger partial charge in [0.25, 0.3) is 0 Å². The molecule has 22 nitrogen and oxygen atoms in total. The highest BCUT2D eigenvalue weighted by Crippen LogP contribution is 2.23. The minimum atomic E-state index is -1.24. The number of benzene rings is 2. The number of Topliss-reactive ketones (excluding diaryl/α,β-unsaturated/α-hetero) is 5. The second kappa shape index (κ2) is 43.8. The zero-order valence-electron chi connectivity index (χ0n) is 53.4. The monoisotopic (exact) mass is 1210 g/mol. The average Bonchev–Trinajstić information content (AvgIpc) is 3.57. The third-order valence-electron chi connectivity index (χ3n) is 12.5. The number of rotatable bonds is 40. The van der Waals surface area contributed by atoms with Crippen LogP contribution in [0.4, 0.5) is 0 Å². The van der Waals surface area contributed by atoms with Gasteiger partial charge in [-0.25, -0.2) is 0 Å². The smallest absolute Gasteiger partial charge is 0.307 e. The number of ether oxygens (including phenoxy) is 5. The Balaban J connectivity index is 0.00000159. The lowest BCUT2D eigenvalue weighted by molar-refractivity contribution is -0.157. The van der Waals surface area contributed by atoms with Crippen LogP contribution in [-0.2, 0) is 89.3 Å². The Kier molecular flexibility index (Phi) is 40.4. The van der Waals surface area contributed by atoms with Crippen LogP contribution >= 0.6 is 0 Å². The Morgan fingerprint density at radius 3 is 1.21 bits per heavy atom. The number of aryl methyl sites for hydroxylation is 1. The Hall–Kier alpha value is -6.75. The first-order valence-corrected chi connectivity index (χ1v) is 29.3. The molecule has 0 aromatic heterocycles. The topological polar surface area (TPSA) is 322 Å². The van der Waals surface area contributed by atoms with E-state index < -0.39 is 89.6 Å². The Morgan fingerprint density at radius 2 is 0.872 bits per heavy atom. The van der Waals surface area contributed by atoms with Crippen molar-refractivity contribution in [2.24, 2.45) is 35.5 Å². The third-order valence-corrected chi connectivity index (χ3v) is 12.5. The number of phenolic OH excluding ortho intramolecular Hbond substituents is 1. The molecular formula is C64H100N4O18. The van der Waals surface area contributed by atoms with E-state index in [4.69, 9.17) is 23.7 Å². The summed E-state index contributed by atoms with van der Waals surface area (Å²) in [6.07, 6.45) is -0.253. The Labute approximate surface area is 509 Å². The SMILES string of the molecule is CC(C)=O.COCCOCCNC(=O)[C@H](CC(=O)O)CC(=O)[C@H](Cc1ccc(O)cc1)NC(=O)[C@H](CC(C)=O)CC(C)C.COCCOCCNC(=O)[C@H](CC(=O)OC(C)(C)C)CC(=O)[C@H](Cc1ccc(C)cc1)NC(=O)[C@H](CC(C)=O)CC(C)C. The fraction of sp³-hybridized carbons (Fsp3) is 0.641. The van der Waals surface area contributed by atoms with Crippen LogP contribution in [0, 0.1) is 42.4 Å². The molecule has 2 aromatic carbocycles. The fourth-order valence-electron chi connectivity index (χ4n) is 8.65. The van der Waals surface area contributed by atoms with Gasteiger partial charge in [-0.05, 0) is 116 Å². The number of amides is 4. The van der Waals surface area contributed by atoms with Gasteiger partial charge in [-0.1, -0.05) is 69.7 Å². The van der Waals surface area contributed by atoms with Gasteiger partial charge in [0.1, 0.15) is 28.7 Å².